The lowest BCUT2D eigenvalue weighted by molar-refractivity contribution is 0.185. The van der Waals surface area contributed by atoms with Crippen LogP contribution in [0.5, 0.6) is 0 Å². The minimum Gasteiger partial charge on any atom is -0.392 e. The highest BCUT2D eigenvalue weighted by atomic mass is 79.9. The van der Waals surface area contributed by atoms with E-state index in [2.05, 4.69) is 47.1 Å². The molecule has 0 amide bonds. The standard InChI is InChI=1S/C9H12O.C8H10O.C4H7BrFN.C2H6/c1-8-3-5-9(6-4-8)7-10-2;1-7-2-4-8(6-9)5-3-7;5-2-1-4(6)3-7;1-2/h3-6H,7H2,1-2H3;2-5,9H,6H2,1H3;3-4,7H,1-2H2;1-2H3. The maximum absolute atomic E-state index is 11.9. The second kappa shape index (κ2) is 20.2. The van der Waals surface area contributed by atoms with E-state index in [-0.39, 0.29) is 6.61 Å². The third kappa shape index (κ3) is 16.6. The fraction of sp³-hybridized carbons (Fsp3) is 0.435. The third-order valence-electron chi connectivity index (χ3n) is 3.30. The number of ether oxygens (including phenoxy) is 1. The Morgan fingerprint density at radius 3 is 1.71 bits per heavy atom. The molecule has 158 valence electrons. The number of halogens is 2. The topological polar surface area (TPSA) is 53.3 Å². The molecule has 0 bridgehead atoms. The highest BCUT2D eigenvalue weighted by molar-refractivity contribution is 9.09. The maximum atomic E-state index is 11.9. The Morgan fingerprint density at radius 2 is 1.43 bits per heavy atom. The molecule has 0 heterocycles. The Morgan fingerprint density at radius 1 is 1.00 bits per heavy atom. The van der Waals surface area contributed by atoms with Gasteiger partial charge in [-0.1, -0.05) is 89.4 Å². The molecule has 2 rings (SSSR count). The van der Waals surface area contributed by atoms with Crippen LogP contribution >= 0.6 is 15.9 Å². The first-order chi connectivity index (χ1) is 13.5. The molecule has 0 saturated carbocycles. The van der Waals surface area contributed by atoms with E-state index in [0.717, 1.165) is 11.8 Å². The number of hydrogen-bond donors (Lipinski definition) is 2. The Hall–Kier alpha value is -1.56. The van der Waals surface area contributed by atoms with E-state index < -0.39 is 6.17 Å². The van der Waals surface area contributed by atoms with Gasteiger partial charge in [0.15, 0.2) is 0 Å². The van der Waals surface area contributed by atoms with Crippen LogP contribution < -0.4 is 0 Å². The number of nitrogens with one attached hydrogen (secondary N) is 1. The Kier molecular flexibility index (Phi) is 20.6. The number of aryl methyl sites for hydroxylation is 2. The van der Waals surface area contributed by atoms with Crippen LogP contribution in [-0.4, -0.2) is 29.9 Å². The summed E-state index contributed by atoms with van der Waals surface area (Å²) in [5.74, 6) is 0. The van der Waals surface area contributed by atoms with Crippen molar-refractivity contribution >= 4 is 22.1 Å². The summed E-state index contributed by atoms with van der Waals surface area (Å²) in [6, 6.07) is 16.2. The van der Waals surface area contributed by atoms with Crippen LogP contribution in [0.2, 0.25) is 0 Å². The second-order valence-electron chi connectivity index (χ2n) is 5.72. The second-order valence-corrected chi connectivity index (χ2v) is 6.52. The van der Waals surface area contributed by atoms with Gasteiger partial charge in [0.1, 0.15) is 6.17 Å². The molecular formula is C23H35BrFNO2. The van der Waals surface area contributed by atoms with Gasteiger partial charge < -0.3 is 15.3 Å². The van der Waals surface area contributed by atoms with Crippen LogP contribution in [-0.2, 0) is 18.0 Å². The van der Waals surface area contributed by atoms with Crippen molar-refractivity contribution in [1.29, 1.82) is 5.41 Å². The van der Waals surface area contributed by atoms with E-state index in [1.165, 1.54) is 16.7 Å². The monoisotopic (exact) mass is 455 g/mol. The number of methoxy groups -OCH3 is 1. The van der Waals surface area contributed by atoms with Crippen LogP contribution in [0.3, 0.4) is 0 Å². The molecule has 2 aromatic rings. The Bertz CT molecular complexity index is 589. The van der Waals surface area contributed by atoms with Gasteiger partial charge in [0.25, 0.3) is 0 Å². The molecule has 1 atom stereocenters. The van der Waals surface area contributed by atoms with E-state index in [1.807, 2.05) is 45.0 Å². The summed E-state index contributed by atoms with van der Waals surface area (Å²) in [6.45, 7) is 8.96. The average molecular weight is 456 g/mol. The van der Waals surface area contributed by atoms with Crippen molar-refractivity contribution in [1.82, 2.24) is 0 Å². The Labute approximate surface area is 178 Å². The zero-order valence-electron chi connectivity index (χ0n) is 17.7. The lowest BCUT2D eigenvalue weighted by Crippen LogP contribution is -1.99. The van der Waals surface area contributed by atoms with Gasteiger partial charge in [-0.2, -0.15) is 0 Å². The van der Waals surface area contributed by atoms with Crippen molar-refractivity contribution in [2.75, 3.05) is 12.4 Å². The first-order valence-corrected chi connectivity index (χ1v) is 10.5. The number of aliphatic hydroxyl groups excluding tert-OH is 1. The van der Waals surface area contributed by atoms with Crippen molar-refractivity contribution in [3.63, 3.8) is 0 Å². The third-order valence-corrected chi connectivity index (χ3v) is 3.76. The van der Waals surface area contributed by atoms with Gasteiger partial charge in [-0.15, -0.1) is 0 Å². The van der Waals surface area contributed by atoms with E-state index in [1.54, 1.807) is 7.11 Å². The summed E-state index contributed by atoms with van der Waals surface area (Å²) in [5, 5.41) is 15.6. The molecule has 0 spiro atoms. The van der Waals surface area contributed by atoms with Gasteiger partial charge in [0.05, 0.1) is 13.2 Å². The largest absolute Gasteiger partial charge is 0.392 e. The molecule has 0 aliphatic carbocycles. The molecule has 0 aliphatic rings. The molecule has 0 aromatic heterocycles. The lowest BCUT2D eigenvalue weighted by atomic mass is 10.2. The highest BCUT2D eigenvalue weighted by Gasteiger charge is 1.96. The summed E-state index contributed by atoms with van der Waals surface area (Å²) < 4.78 is 16.8. The molecule has 0 aliphatic heterocycles. The van der Waals surface area contributed by atoms with Gasteiger partial charge in [0, 0.05) is 18.7 Å². The van der Waals surface area contributed by atoms with E-state index >= 15 is 0 Å². The van der Waals surface area contributed by atoms with Gasteiger partial charge in [0.2, 0.25) is 0 Å². The van der Waals surface area contributed by atoms with E-state index in [9.17, 15) is 4.39 Å². The molecule has 5 heteroatoms. The summed E-state index contributed by atoms with van der Waals surface area (Å²) in [6.07, 6.45) is 0.157. The maximum Gasteiger partial charge on any atom is 0.135 e. The minimum absolute atomic E-state index is 0.139. The molecule has 0 radical (unpaired) electrons. The first kappa shape index (κ1) is 28.6. The smallest absolute Gasteiger partial charge is 0.135 e. The van der Waals surface area contributed by atoms with Crippen molar-refractivity contribution in [2.45, 2.75) is 53.5 Å². The molecule has 2 aromatic carbocycles. The summed E-state index contributed by atoms with van der Waals surface area (Å²) >= 11 is 3.05. The lowest BCUT2D eigenvalue weighted by Gasteiger charge is -1.98. The zero-order chi connectivity index (χ0) is 21.8. The van der Waals surface area contributed by atoms with Crippen molar-refractivity contribution in [2.24, 2.45) is 0 Å². The number of rotatable bonds is 6. The highest BCUT2D eigenvalue weighted by Crippen LogP contribution is 2.03. The van der Waals surface area contributed by atoms with Crippen LogP contribution in [0.15, 0.2) is 48.5 Å². The number of hydrogen-bond acceptors (Lipinski definition) is 3. The minimum atomic E-state index is -1.06. The molecule has 1 unspecified atom stereocenters. The van der Waals surface area contributed by atoms with E-state index in [0.29, 0.717) is 18.4 Å². The van der Waals surface area contributed by atoms with Gasteiger partial charge in [-0.3, -0.25) is 0 Å². The normalized spacial score (nSPS) is 10.1. The van der Waals surface area contributed by atoms with Crippen molar-refractivity contribution in [3.05, 3.63) is 70.8 Å². The fourth-order valence-electron chi connectivity index (χ4n) is 1.73. The quantitative estimate of drug-likeness (QED) is 0.390. The molecule has 0 saturated heterocycles. The predicted molar refractivity (Wildman–Crippen MR) is 122 cm³/mol. The summed E-state index contributed by atoms with van der Waals surface area (Å²) in [7, 11) is 1.71. The fourth-order valence-corrected chi connectivity index (χ4v) is 2.17. The van der Waals surface area contributed by atoms with Crippen LogP contribution in [0, 0.1) is 19.3 Å². The SMILES string of the molecule is CC.COCc1ccc(C)cc1.Cc1ccc(CO)cc1.N=CC(F)CCBr. The van der Waals surface area contributed by atoms with Crippen LogP contribution in [0.1, 0.15) is 42.5 Å². The molecule has 2 N–H and O–H groups in total. The van der Waals surface area contributed by atoms with Gasteiger partial charge in [-0.25, -0.2) is 4.39 Å². The molecule has 3 nitrogen and oxygen atoms in total. The van der Waals surface area contributed by atoms with Gasteiger partial charge >= 0.3 is 0 Å². The van der Waals surface area contributed by atoms with Crippen molar-refractivity contribution in [3.8, 4) is 0 Å². The van der Waals surface area contributed by atoms with Crippen LogP contribution in [0.25, 0.3) is 0 Å². The molecular weight excluding hydrogens is 421 g/mol. The predicted octanol–water partition coefficient (Wildman–Crippen LogP) is 6.41. The number of benzene rings is 2. The summed E-state index contributed by atoms with van der Waals surface area (Å²) in [5.41, 5.74) is 4.72. The van der Waals surface area contributed by atoms with Crippen molar-refractivity contribution < 1.29 is 14.2 Å². The number of alkyl halides is 2. The molecule has 0 fully saturated rings. The first-order valence-electron chi connectivity index (χ1n) is 9.38. The Balaban J connectivity index is 0. The zero-order valence-corrected chi connectivity index (χ0v) is 19.3. The molecule has 28 heavy (non-hydrogen) atoms. The number of aliphatic hydroxyl groups is 1. The van der Waals surface area contributed by atoms with Crippen LogP contribution in [0.4, 0.5) is 4.39 Å². The summed E-state index contributed by atoms with van der Waals surface area (Å²) in [4.78, 5) is 0. The van der Waals surface area contributed by atoms with E-state index in [4.69, 9.17) is 15.3 Å². The van der Waals surface area contributed by atoms with Gasteiger partial charge in [-0.05, 0) is 31.4 Å². The average Bonchev–Trinajstić information content (AvgIpc) is 2.73.